The molecular weight excluding hydrogens is 220 g/mol. The zero-order valence-corrected chi connectivity index (χ0v) is 8.05. The maximum absolute atomic E-state index is 5.11. The predicted molar refractivity (Wildman–Crippen MR) is 50.3 cm³/mol. The molecule has 4 heteroatoms. The second kappa shape index (κ2) is 2.79. The Hall–Kier alpha value is -1.03. The number of pyridine rings is 1. The second-order valence-electron chi connectivity index (χ2n) is 2.39. The van der Waals surface area contributed by atoms with Crippen LogP contribution in [0.1, 0.15) is 0 Å². The minimum absolute atomic E-state index is 0.639. The fraction of sp³-hybridized carbons (Fsp3) is 0.125. The van der Waals surface area contributed by atoms with Crippen molar-refractivity contribution in [1.29, 1.82) is 0 Å². The van der Waals surface area contributed by atoms with Gasteiger partial charge in [-0.05, 0) is 28.1 Å². The number of aromatic nitrogens is 2. The van der Waals surface area contributed by atoms with Gasteiger partial charge in [0.1, 0.15) is 4.60 Å². The van der Waals surface area contributed by atoms with Crippen LogP contribution in [-0.2, 0) is 0 Å². The van der Waals surface area contributed by atoms with Gasteiger partial charge in [-0.3, -0.25) is 0 Å². The van der Waals surface area contributed by atoms with E-state index in [0.717, 1.165) is 15.5 Å². The van der Waals surface area contributed by atoms with Crippen molar-refractivity contribution >= 4 is 26.8 Å². The minimum Gasteiger partial charge on any atom is -0.480 e. The van der Waals surface area contributed by atoms with E-state index in [2.05, 4.69) is 25.9 Å². The Labute approximate surface area is 77.9 Å². The maximum atomic E-state index is 5.11. The number of hydrogen-bond donors (Lipinski definition) is 1. The van der Waals surface area contributed by atoms with Crippen molar-refractivity contribution in [3.63, 3.8) is 0 Å². The molecule has 2 heterocycles. The van der Waals surface area contributed by atoms with Crippen molar-refractivity contribution in [2.24, 2.45) is 0 Å². The summed E-state index contributed by atoms with van der Waals surface area (Å²) in [5.41, 5.74) is 1.02. The number of ether oxygens (including phenoxy) is 1. The topological polar surface area (TPSA) is 37.9 Å². The molecule has 0 aliphatic carbocycles. The Morgan fingerprint density at radius 2 is 2.42 bits per heavy atom. The van der Waals surface area contributed by atoms with Crippen LogP contribution in [0, 0.1) is 0 Å². The number of aromatic amines is 1. The van der Waals surface area contributed by atoms with Crippen molar-refractivity contribution in [1.82, 2.24) is 9.97 Å². The van der Waals surface area contributed by atoms with E-state index >= 15 is 0 Å². The third-order valence-electron chi connectivity index (χ3n) is 1.67. The van der Waals surface area contributed by atoms with Crippen LogP contribution < -0.4 is 4.74 Å². The summed E-state index contributed by atoms with van der Waals surface area (Å²) in [5.74, 6) is 0.639. The SMILES string of the molecule is COc1nc(Br)cc2[nH]ccc12. The molecule has 0 saturated heterocycles. The van der Waals surface area contributed by atoms with E-state index in [1.165, 1.54) is 0 Å². The van der Waals surface area contributed by atoms with Crippen LogP contribution in [0.4, 0.5) is 0 Å². The molecule has 0 aliphatic rings. The first-order valence-electron chi connectivity index (χ1n) is 3.49. The van der Waals surface area contributed by atoms with Gasteiger partial charge in [0.15, 0.2) is 0 Å². The van der Waals surface area contributed by atoms with Crippen LogP contribution >= 0.6 is 15.9 Å². The molecule has 0 atom stereocenters. The number of rotatable bonds is 1. The highest BCUT2D eigenvalue weighted by Gasteiger charge is 2.04. The van der Waals surface area contributed by atoms with E-state index < -0.39 is 0 Å². The highest BCUT2D eigenvalue weighted by molar-refractivity contribution is 9.10. The van der Waals surface area contributed by atoms with Crippen molar-refractivity contribution in [2.45, 2.75) is 0 Å². The quantitative estimate of drug-likeness (QED) is 0.759. The van der Waals surface area contributed by atoms with E-state index in [1.54, 1.807) is 7.11 Å². The first-order valence-corrected chi connectivity index (χ1v) is 4.28. The normalized spacial score (nSPS) is 10.5. The number of methoxy groups -OCH3 is 1. The van der Waals surface area contributed by atoms with Gasteiger partial charge in [-0.25, -0.2) is 4.98 Å². The number of nitrogens with one attached hydrogen (secondary N) is 1. The van der Waals surface area contributed by atoms with Gasteiger partial charge in [-0.15, -0.1) is 0 Å². The van der Waals surface area contributed by atoms with Crippen LogP contribution in [-0.4, -0.2) is 17.1 Å². The van der Waals surface area contributed by atoms with Crippen LogP contribution in [0.2, 0.25) is 0 Å². The molecule has 1 N–H and O–H groups in total. The summed E-state index contributed by atoms with van der Waals surface area (Å²) in [5, 5.41) is 1.00. The zero-order valence-electron chi connectivity index (χ0n) is 6.47. The number of H-pyrrole nitrogens is 1. The molecule has 3 nitrogen and oxygen atoms in total. The molecule has 0 unspecified atom stereocenters. The lowest BCUT2D eigenvalue weighted by atomic mass is 10.3. The summed E-state index contributed by atoms with van der Waals surface area (Å²) < 4.78 is 5.88. The number of hydrogen-bond acceptors (Lipinski definition) is 2. The van der Waals surface area contributed by atoms with Gasteiger partial charge in [0.2, 0.25) is 5.88 Å². The van der Waals surface area contributed by atoms with Crippen molar-refractivity contribution in [3.05, 3.63) is 22.9 Å². The smallest absolute Gasteiger partial charge is 0.223 e. The van der Waals surface area contributed by atoms with E-state index in [0.29, 0.717) is 5.88 Å². The van der Waals surface area contributed by atoms with E-state index in [9.17, 15) is 0 Å². The number of nitrogens with zero attached hydrogens (tertiary/aromatic N) is 1. The molecular formula is C8H7BrN2O. The van der Waals surface area contributed by atoms with Crippen LogP contribution in [0.3, 0.4) is 0 Å². The van der Waals surface area contributed by atoms with E-state index in [4.69, 9.17) is 4.74 Å². The number of fused-ring (bicyclic) bond motifs is 1. The Morgan fingerprint density at radius 1 is 1.58 bits per heavy atom. The summed E-state index contributed by atoms with van der Waals surface area (Å²) in [6, 6.07) is 3.85. The van der Waals surface area contributed by atoms with Crippen molar-refractivity contribution in [2.75, 3.05) is 7.11 Å². The minimum atomic E-state index is 0.639. The number of halogens is 1. The Morgan fingerprint density at radius 3 is 3.17 bits per heavy atom. The van der Waals surface area contributed by atoms with Gasteiger partial charge in [0.25, 0.3) is 0 Å². The summed E-state index contributed by atoms with van der Waals surface area (Å²) in [6.45, 7) is 0. The maximum Gasteiger partial charge on any atom is 0.223 e. The molecule has 12 heavy (non-hydrogen) atoms. The Bertz CT molecular complexity index is 410. The largest absolute Gasteiger partial charge is 0.480 e. The summed E-state index contributed by atoms with van der Waals surface area (Å²) in [6.07, 6.45) is 1.86. The molecule has 0 amide bonds. The third-order valence-corrected chi connectivity index (χ3v) is 2.08. The average Bonchev–Trinajstić information content (AvgIpc) is 2.50. The van der Waals surface area contributed by atoms with Gasteiger partial charge in [0.05, 0.1) is 18.0 Å². The summed E-state index contributed by atoms with van der Waals surface area (Å²) in [7, 11) is 1.61. The summed E-state index contributed by atoms with van der Waals surface area (Å²) >= 11 is 3.30. The Kier molecular flexibility index (Phi) is 1.77. The van der Waals surface area contributed by atoms with Gasteiger partial charge in [-0.1, -0.05) is 0 Å². The molecule has 0 radical (unpaired) electrons. The monoisotopic (exact) mass is 226 g/mol. The first-order chi connectivity index (χ1) is 5.81. The average molecular weight is 227 g/mol. The summed E-state index contributed by atoms with van der Waals surface area (Å²) in [4.78, 5) is 7.25. The molecule has 0 aromatic carbocycles. The fourth-order valence-corrected chi connectivity index (χ4v) is 1.54. The molecule has 0 fully saturated rings. The van der Waals surface area contributed by atoms with Gasteiger partial charge in [-0.2, -0.15) is 0 Å². The van der Waals surface area contributed by atoms with Crippen LogP contribution in [0.15, 0.2) is 22.9 Å². The third kappa shape index (κ3) is 1.08. The predicted octanol–water partition coefficient (Wildman–Crippen LogP) is 2.33. The van der Waals surface area contributed by atoms with Gasteiger partial charge >= 0.3 is 0 Å². The molecule has 2 aromatic heterocycles. The molecule has 0 bridgehead atoms. The fourth-order valence-electron chi connectivity index (χ4n) is 1.15. The van der Waals surface area contributed by atoms with Gasteiger partial charge in [0, 0.05) is 6.20 Å². The lowest BCUT2D eigenvalue weighted by molar-refractivity contribution is 0.402. The molecule has 0 spiro atoms. The van der Waals surface area contributed by atoms with Crippen molar-refractivity contribution < 1.29 is 4.74 Å². The second-order valence-corrected chi connectivity index (χ2v) is 3.21. The molecule has 0 saturated carbocycles. The standard InChI is InChI=1S/C8H7BrN2O/c1-12-8-5-2-3-10-6(5)4-7(9)11-8/h2-4,10H,1H3. The molecule has 0 aliphatic heterocycles. The molecule has 2 rings (SSSR count). The highest BCUT2D eigenvalue weighted by atomic mass is 79.9. The van der Waals surface area contributed by atoms with E-state index in [1.807, 2.05) is 18.3 Å². The van der Waals surface area contributed by atoms with Crippen LogP contribution in [0.5, 0.6) is 5.88 Å². The zero-order chi connectivity index (χ0) is 8.55. The lowest BCUT2D eigenvalue weighted by Crippen LogP contribution is -1.88. The van der Waals surface area contributed by atoms with Gasteiger partial charge < -0.3 is 9.72 Å². The lowest BCUT2D eigenvalue weighted by Gasteiger charge is -2.00. The van der Waals surface area contributed by atoms with Crippen molar-refractivity contribution in [3.8, 4) is 5.88 Å². The van der Waals surface area contributed by atoms with Crippen LogP contribution in [0.25, 0.3) is 10.9 Å². The van der Waals surface area contributed by atoms with E-state index in [-0.39, 0.29) is 0 Å². The molecule has 2 aromatic rings. The molecule has 62 valence electrons. The highest BCUT2D eigenvalue weighted by Crippen LogP contribution is 2.25. The first kappa shape index (κ1) is 7.61. The Balaban J connectivity index is 2.80.